The number of rotatable bonds is 6. The summed E-state index contributed by atoms with van der Waals surface area (Å²) in [4.78, 5) is 0. The number of oxime groups is 1. The van der Waals surface area contributed by atoms with Gasteiger partial charge in [-0.25, -0.2) is 8.67 Å². The second-order valence-corrected chi connectivity index (χ2v) is 7.59. The van der Waals surface area contributed by atoms with Crippen molar-refractivity contribution in [2.75, 3.05) is 6.61 Å². The van der Waals surface area contributed by atoms with E-state index in [-0.39, 0.29) is 11.5 Å². The lowest BCUT2D eigenvalue weighted by Gasteiger charge is -2.38. The Morgan fingerprint density at radius 2 is 1.92 bits per heavy atom. The van der Waals surface area contributed by atoms with Crippen LogP contribution in [-0.4, -0.2) is 69.9 Å². The molecule has 1 saturated heterocycles. The number of benzene rings is 1. The number of halogens is 1. The first-order valence-electron chi connectivity index (χ1n) is 7.41. The van der Waals surface area contributed by atoms with Gasteiger partial charge in [-0.1, -0.05) is 47.2 Å². The molecule has 0 spiro atoms. The average Bonchev–Trinajstić information content (AvgIpc) is 2.60. The second-order valence-electron chi connectivity index (χ2n) is 5.42. The number of thioether (sulfide) groups is 1. The summed E-state index contributed by atoms with van der Waals surface area (Å²) in [5.41, 5.74) is -0.707. The summed E-state index contributed by atoms with van der Waals surface area (Å²) in [6.07, 6.45) is -6.66. The normalized spacial score (nSPS) is 30.2. The van der Waals surface area contributed by atoms with E-state index < -0.39 is 46.9 Å². The summed E-state index contributed by atoms with van der Waals surface area (Å²) in [5.74, 6) is 0. The van der Waals surface area contributed by atoms with E-state index >= 15 is 0 Å². The molecular formula is C14H18FNO8S2. The van der Waals surface area contributed by atoms with Gasteiger partial charge >= 0.3 is 10.4 Å². The van der Waals surface area contributed by atoms with Gasteiger partial charge in [0.05, 0.1) is 6.61 Å². The number of aliphatic hydroxyl groups is 3. The van der Waals surface area contributed by atoms with Crippen molar-refractivity contribution in [3.8, 4) is 0 Å². The van der Waals surface area contributed by atoms with Crippen LogP contribution in [0.1, 0.15) is 5.56 Å². The van der Waals surface area contributed by atoms with Crippen LogP contribution in [0.3, 0.4) is 0 Å². The Morgan fingerprint density at radius 3 is 2.50 bits per heavy atom. The van der Waals surface area contributed by atoms with Crippen molar-refractivity contribution in [1.82, 2.24) is 0 Å². The summed E-state index contributed by atoms with van der Waals surface area (Å²) in [5, 5.41) is 31.8. The molecule has 0 unspecified atom stereocenters. The Balaban J connectivity index is 2.19. The smallest absolute Gasteiger partial charge is 0.394 e. The van der Waals surface area contributed by atoms with Gasteiger partial charge in [0.2, 0.25) is 0 Å². The SMILES string of the molecule is O=S(=O)(O)O/N=C(/Cc1ccccc1)S[C@@H]1O[C@H](CO)[C@@H](O)[C@H](O)[C@H]1F. The summed E-state index contributed by atoms with van der Waals surface area (Å²) in [6, 6.07) is 8.60. The van der Waals surface area contributed by atoms with Gasteiger partial charge in [0.15, 0.2) is 6.17 Å². The van der Waals surface area contributed by atoms with Crippen LogP contribution in [0.4, 0.5) is 4.39 Å². The van der Waals surface area contributed by atoms with Crippen LogP contribution in [-0.2, 0) is 25.8 Å². The minimum atomic E-state index is -4.87. The highest BCUT2D eigenvalue weighted by Crippen LogP contribution is 2.32. The molecule has 0 radical (unpaired) electrons. The summed E-state index contributed by atoms with van der Waals surface area (Å²) in [6.45, 7) is -0.658. The van der Waals surface area contributed by atoms with Crippen LogP contribution in [0.15, 0.2) is 35.5 Å². The van der Waals surface area contributed by atoms with Crippen molar-refractivity contribution in [3.63, 3.8) is 0 Å². The standard InChI is InChI=1S/C14H18FNO8S2/c15-11-13(19)12(18)9(7-17)23-14(11)25-10(16-24-26(20,21)22)6-8-4-2-1-3-5-8/h1-5,9,11-14,17-19H,6-7H2,(H,20,21,22)/b16-10-/t9-,11-,12-,13-,14+/m1/s1. The first-order chi connectivity index (χ1) is 12.2. The molecule has 0 aromatic heterocycles. The number of hydrogen-bond acceptors (Lipinski definition) is 9. The number of hydrogen-bond donors (Lipinski definition) is 4. The minimum Gasteiger partial charge on any atom is -0.394 e. The third-order valence-electron chi connectivity index (χ3n) is 3.49. The molecule has 5 atom stereocenters. The third-order valence-corrected chi connectivity index (χ3v) is 4.85. The van der Waals surface area contributed by atoms with Crippen molar-refractivity contribution in [1.29, 1.82) is 0 Å². The lowest BCUT2D eigenvalue weighted by Crippen LogP contribution is -2.56. The number of aliphatic hydroxyl groups excluding tert-OH is 3. The molecular weight excluding hydrogens is 393 g/mol. The maximum Gasteiger partial charge on any atom is 0.466 e. The van der Waals surface area contributed by atoms with E-state index in [1.54, 1.807) is 30.3 Å². The molecule has 1 aromatic rings. The number of nitrogens with zero attached hydrogens (tertiary/aromatic N) is 1. The quantitative estimate of drug-likeness (QED) is 0.218. The summed E-state index contributed by atoms with van der Waals surface area (Å²) in [7, 11) is -4.87. The van der Waals surface area contributed by atoms with Gasteiger partial charge in [-0.15, -0.1) is 0 Å². The molecule has 12 heteroatoms. The average molecular weight is 411 g/mol. The fraction of sp³-hybridized carbons (Fsp3) is 0.500. The predicted octanol–water partition coefficient (Wildman–Crippen LogP) is -0.128. The van der Waals surface area contributed by atoms with Crippen LogP contribution in [0.5, 0.6) is 0 Å². The van der Waals surface area contributed by atoms with Crippen LogP contribution < -0.4 is 0 Å². The Kier molecular flexibility index (Phi) is 7.34. The van der Waals surface area contributed by atoms with Gasteiger partial charge in [0.25, 0.3) is 0 Å². The minimum absolute atomic E-state index is 0.0239. The van der Waals surface area contributed by atoms with Gasteiger partial charge in [0.1, 0.15) is 28.8 Å². The largest absolute Gasteiger partial charge is 0.466 e. The third kappa shape index (κ3) is 5.87. The van der Waals surface area contributed by atoms with E-state index in [9.17, 15) is 23.0 Å². The fourth-order valence-corrected chi connectivity index (χ4v) is 3.55. The van der Waals surface area contributed by atoms with Crippen molar-refractivity contribution >= 4 is 27.2 Å². The van der Waals surface area contributed by atoms with Gasteiger partial charge in [0, 0.05) is 6.42 Å². The van der Waals surface area contributed by atoms with E-state index in [2.05, 4.69) is 9.44 Å². The molecule has 4 N–H and O–H groups in total. The zero-order valence-corrected chi connectivity index (χ0v) is 14.9. The highest BCUT2D eigenvalue weighted by molar-refractivity contribution is 8.14. The zero-order chi connectivity index (χ0) is 19.3. The fourth-order valence-electron chi connectivity index (χ4n) is 2.23. The molecule has 0 saturated carbocycles. The van der Waals surface area contributed by atoms with Gasteiger partial charge in [-0.2, -0.15) is 8.42 Å². The zero-order valence-electron chi connectivity index (χ0n) is 13.3. The van der Waals surface area contributed by atoms with E-state index in [0.29, 0.717) is 17.3 Å². The first-order valence-corrected chi connectivity index (χ1v) is 9.66. The van der Waals surface area contributed by atoms with Crippen LogP contribution in [0.25, 0.3) is 0 Å². The number of alkyl halides is 1. The Morgan fingerprint density at radius 1 is 1.27 bits per heavy atom. The molecule has 0 bridgehead atoms. The molecule has 2 rings (SSSR count). The lowest BCUT2D eigenvalue weighted by atomic mass is 10.0. The molecule has 1 aromatic carbocycles. The Bertz CT molecular complexity index is 715. The molecule has 146 valence electrons. The van der Waals surface area contributed by atoms with Gasteiger partial charge in [-0.3, -0.25) is 4.55 Å². The highest BCUT2D eigenvalue weighted by Gasteiger charge is 2.45. The lowest BCUT2D eigenvalue weighted by molar-refractivity contribution is -0.188. The maximum absolute atomic E-state index is 14.3. The molecule has 1 aliphatic rings. The van der Waals surface area contributed by atoms with E-state index in [4.69, 9.17) is 14.4 Å². The van der Waals surface area contributed by atoms with E-state index in [0.717, 1.165) is 0 Å². The predicted molar refractivity (Wildman–Crippen MR) is 90.5 cm³/mol. The molecule has 0 aliphatic carbocycles. The van der Waals surface area contributed by atoms with E-state index in [1.807, 2.05) is 0 Å². The molecule has 1 fully saturated rings. The van der Waals surface area contributed by atoms with Crippen LogP contribution in [0, 0.1) is 0 Å². The highest BCUT2D eigenvalue weighted by atomic mass is 32.3. The van der Waals surface area contributed by atoms with Crippen molar-refractivity contribution < 1.29 is 41.7 Å². The summed E-state index contributed by atoms with van der Waals surface area (Å²) >= 11 is 0.604. The van der Waals surface area contributed by atoms with Crippen LogP contribution >= 0.6 is 11.8 Å². The second kappa shape index (κ2) is 9.08. The Hall–Kier alpha value is -1.28. The topological polar surface area (TPSA) is 146 Å². The monoisotopic (exact) mass is 411 g/mol. The van der Waals surface area contributed by atoms with Crippen molar-refractivity contribution in [2.45, 2.75) is 36.3 Å². The number of ether oxygens (including phenoxy) is 1. The molecule has 0 amide bonds. The van der Waals surface area contributed by atoms with Crippen molar-refractivity contribution in [3.05, 3.63) is 35.9 Å². The Labute approximate surface area is 153 Å². The molecule has 1 heterocycles. The summed E-state index contributed by atoms with van der Waals surface area (Å²) < 4.78 is 53.6. The molecule has 9 nitrogen and oxygen atoms in total. The van der Waals surface area contributed by atoms with Gasteiger partial charge in [-0.05, 0) is 5.56 Å². The van der Waals surface area contributed by atoms with Crippen molar-refractivity contribution in [2.24, 2.45) is 5.16 Å². The van der Waals surface area contributed by atoms with E-state index in [1.165, 1.54) is 0 Å². The molecule has 26 heavy (non-hydrogen) atoms. The first kappa shape index (κ1) is 21.0. The van der Waals surface area contributed by atoms with Crippen LogP contribution in [0.2, 0.25) is 0 Å². The molecule has 1 aliphatic heterocycles. The maximum atomic E-state index is 14.3. The van der Waals surface area contributed by atoms with Gasteiger partial charge < -0.3 is 20.1 Å².